The highest BCUT2D eigenvalue weighted by atomic mass is 35.5. The van der Waals surface area contributed by atoms with E-state index in [1.165, 1.54) is 16.5 Å². The zero-order valence-electron chi connectivity index (χ0n) is 16.7. The molecular weight excluding hydrogens is 399 g/mol. The summed E-state index contributed by atoms with van der Waals surface area (Å²) in [6.07, 6.45) is 10.0. The van der Waals surface area contributed by atoms with Crippen molar-refractivity contribution in [3.8, 4) is 0 Å². The summed E-state index contributed by atoms with van der Waals surface area (Å²) >= 11 is 8.18. The summed E-state index contributed by atoms with van der Waals surface area (Å²) in [5.74, 6) is 0.439. The Morgan fingerprint density at radius 3 is 2.86 bits per heavy atom. The molecule has 0 aromatic heterocycles. The van der Waals surface area contributed by atoms with Crippen LogP contribution in [0.4, 0.5) is 4.39 Å². The Bertz CT molecular complexity index is 1060. The predicted octanol–water partition coefficient (Wildman–Crippen LogP) is 8.74. The molecule has 0 spiro atoms. The standard InChI is InChI=1S/C26H24ClFS/c1-4-17-7-6-8-21(19-9-10-20-16(3)11-12-29-25(20)14-19)26(17)22-15-23(27)18(5-2)13-24(22)28/h5-6,8-17H,2,4,7H2,1,3H3. The number of thioether (sulfide) groups is 1. The largest absolute Gasteiger partial charge is 0.206 e. The van der Waals surface area contributed by atoms with Gasteiger partial charge < -0.3 is 0 Å². The molecule has 0 saturated heterocycles. The fourth-order valence-corrected chi connectivity index (χ4v) is 5.49. The van der Waals surface area contributed by atoms with Gasteiger partial charge >= 0.3 is 0 Å². The van der Waals surface area contributed by atoms with Crippen LogP contribution < -0.4 is 0 Å². The Hall–Kier alpha value is -2.03. The van der Waals surface area contributed by atoms with Gasteiger partial charge in [-0.15, -0.1) is 0 Å². The lowest BCUT2D eigenvalue weighted by Crippen LogP contribution is -2.09. The lowest BCUT2D eigenvalue weighted by atomic mass is 9.78. The molecule has 29 heavy (non-hydrogen) atoms. The van der Waals surface area contributed by atoms with Crippen LogP contribution in [-0.4, -0.2) is 0 Å². The molecule has 0 bridgehead atoms. The molecule has 2 aromatic carbocycles. The van der Waals surface area contributed by atoms with Crippen LogP contribution in [0, 0.1) is 11.7 Å². The smallest absolute Gasteiger partial charge is 0.131 e. The fraction of sp³-hybridized carbons (Fsp3) is 0.231. The molecule has 1 aliphatic carbocycles. The van der Waals surface area contributed by atoms with Gasteiger partial charge in [0.2, 0.25) is 0 Å². The van der Waals surface area contributed by atoms with Crippen LogP contribution in [0.3, 0.4) is 0 Å². The summed E-state index contributed by atoms with van der Waals surface area (Å²) in [5, 5.41) is 2.69. The Morgan fingerprint density at radius 2 is 2.10 bits per heavy atom. The van der Waals surface area contributed by atoms with Crippen LogP contribution in [0.5, 0.6) is 0 Å². The molecule has 148 valence electrons. The molecule has 0 nitrogen and oxygen atoms in total. The van der Waals surface area contributed by atoms with Gasteiger partial charge in [0.15, 0.2) is 0 Å². The second-order valence-electron chi connectivity index (χ2n) is 7.62. The third-order valence-corrected chi connectivity index (χ3v) is 7.10. The highest BCUT2D eigenvalue weighted by Gasteiger charge is 2.25. The summed E-state index contributed by atoms with van der Waals surface area (Å²) in [6, 6.07) is 9.89. The summed E-state index contributed by atoms with van der Waals surface area (Å²) < 4.78 is 15.1. The van der Waals surface area contributed by atoms with E-state index < -0.39 is 0 Å². The van der Waals surface area contributed by atoms with Gasteiger partial charge in [0, 0.05) is 21.4 Å². The van der Waals surface area contributed by atoms with E-state index in [0.717, 1.165) is 29.6 Å². The minimum absolute atomic E-state index is 0.241. The molecule has 2 unspecified atom stereocenters. The van der Waals surface area contributed by atoms with Gasteiger partial charge in [-0.05, 0) is 70.2 Å². The topological polar surface area (TPSA) is 0 Å². The van der Waals surface area contributed by atoms with Crippen molar-refractivity contribution in [1.29, 1.82) is 0 Å². The maximum atomic E-state index is 15.1. The number of hydrogen-bond donors (Lipinski definition) is 0. The van der Waals surface area contributed by atoms with Gasteiger partial charge in [0.05, 0.1) is 0 Å². The number of fused-ring (bicyclic) bond motifs is 1. The van der Waals surface area contributed by atoms with Crippen molar-refractivity contribution in [2.75, 3.05) is 0 Å². The van der Waals surface area contributed by atoms with E-state index in [1.54, 1.807) is 23.9 Å². The summed E-state index contributed by atoms with van der Waals surface area (Å²) in [4.78, 5) is 1.27. The normalized spacial score (nSPS) is 20.7. The molecule has 1 heterocycles. The first-order valence-electron chi connectivity index (χ1n) is 10.0. The summed E-state index contributed by atoms with van der Waals surface area (Å²) in [5.41, 5.74) is 5.85. The van der Waals surface area contributed by atoms with Crippen molar-refractivity contribution in [2.45, 2.75) is 37.5 Å². The minimum Gasteiger partial charge on any atom is -0.206 e. The SMILES string of the molecule is C=Cc1cc(F)c(C2=C(c3ccc4c(c3)SC=CC4C)C=CCC2CC)cc1Cl. The Morgan fingerprint density at radius 1 is 1.28 bits per heavy atom. The fourth-order valence-electron chi connectivity index (χ4n) is 4.20. The van der Waals surface area contributed by atoms with Crippen LogP contribution in [-0.2, 0) is 0 Å². The molecule has 3 heteroatoms. The van der Waals surface area contributed by atoms with E-state index in [4.69, 9.17) is 11.6 Å². The van der Waals surface area contributed by atoms with Crippen LogP contribution in [0.25, 0.3) is 17.2 Å². The van der Waals surface area contributed by atoms with Gasteiger partial charge in [-0.2, -0.15) is 0 Å². The molecule has 0 fully saturated rings. The second-order valence-corrected chi connectivity index (χ2v) is 8.97. The molecule has 2 aliphatic rings. The summed E-state index contributed by atoms with van der Waals surface area (Å²) in [7, 11) is 0. The van der Waals surface area contributed by atoms with E-state index in [9.17, 15) is 0 Å². The number of hydrogen-bond acceptors (Lipinski definition) is 1. The average Bonchev–Trinajstić information content (AvgIpc) is 2.74. The van der Waals surface area contributed by atoms with Crippen LogP contribution >= 0.6 is 23.4 Å². The maximum Gasteiger partial charge on any atom is 0.131 e. The van der Waals surface area contributed by atoms with Crippen molar-refractivity contribution >= 4 is 40.6 Å². The van der Waals surface area contributed by atoms with E-state index in [1.807, 2.05) is 0 Å². The molecule has 0 radical (unpaired) electrons. The quantitative estimate of drug-likeness (QED) is 0.474. The summed E-state index contributed by atoms with van der Waals surface area (Å²) in [6.45, 7) is 8.11. The van der Waals surface area contributed by atoms with Crippen molar-refractivity contribution in [2.24, 2.45) is 5.92 Å². The van der Waals surface area contributed by atoms with Crippen LogP contribution in [0.2, 0.25) is 5.02 Å². The zero-order chi connectivity index (χ0) is 20.5. The first-order valence-corrected chi connectivity index (χ1v) is 11.3. The van der Waals surface area contributed by atoms with Crippen molar-refractivity contribution in [3.63, 3.8) is 0 Å². The van der Waals surface area contributed by atoms with E-state index in [-0.39, 0.29) is 11.7 Å². The van der Waals surface area contributed by atoms with Gasteiger partial charge in [-0.1, -0.05) is 80.2 Å². The lowest BCUT2D eigenvalue weighted by molar-refractivity contribution is 0.608. The number of allylic oxidation sites excluding steroid dienone is 5. The number of rotatable bonds is 4. The second kappa shape index (κ2) is 8.38. The van der Waals surface area contributed by atoms with Gasteiger partial charge in [-0.25, -0.2) is 4.39 Å². The van der Waals surface area contributed by atoms with Crippen LogP contribution in [0.15, 0.2) is 65.4 Å². The maximum absolute atomic E-state index is 15.1. The van der Waals surface area contributed by atoms with Gasteiger partial charge in [0.1, 0.15) is 5.82 Å². The van der Waals surface area contributed by atoms with Crippen molar-refractivity contribution in [1.82, 2.24) is 0 Å². The van der Waals surface area contributed by atoms with E-state index in [2.05, 4.69) is 62.3 Å². The van der Waals surface area contributed by atoms with Gasteiger partial charge in [0.25, 0.3) is 0 Å². The molecule has 4 rings (SSSR count). The highest BCUT2D eigenvalue weighted by Crippen LogP contribution is 2.44. The highest BCUT2D eigenvalue weighted by molar-refractivity contribution is 8.02. The van der Waals surface area contributed by atoms with Crippen molar-refractivity contribution < 1.29 is 4.39 Å². The lowest BCUT2D eigenvalue weighted by Gasteiger charge is -2.27. The molecule has 1 aliphatic heterocycles. The van der Waals surface area contributed by atoms with Crippen molar-refractivity contribution in [3.05, 3.63) is 93.6 Å². The average molecular weight is 423 g/mol. The first kappa shape index (κ1) is 20.3. The molecule has 0 amide bonds. The first-order chi connectivity index (χ1) is 14.0. The minimum atomic E-state index is -0.241. The Labute approximate surface area is 181 Å². The Kier molecular flexibility index (Phi) is 5.85. The molecule has 2 atom stereocenters. The zero-order valence-corrected chi connectivity index (χ0v) is 18.3. The monoisotopic (exact) mass is 422 g/mol. The molecule has 0 saturated carbocycles. The number of benzene rings is 2. The number of halogens is 2. The van der Waals surface area contributed by atoms with Gasteiger partial charge in [-0.3, -0.25) is 0 Å². The van der Waals surface area contributed by atoms with E-state index >= 15 is 4.39 Å². The third kappa shape index (κ3) is 3.76. The Balaban J connectivity index is 1.92. The molecule has 0 N–H and O–H groups in total. The van der Waals surface area contributed by atoms with E-state index in [0.29, 0.717) is 22.1 Å². The molecular formula is C26H24ClFS. The van der Waals surface area contributed by atoms with Crippen LogP contribution in [0.1, 0.15) is 54.9 Å². The molecule has 2 aromatic rings. The third-order valence-electron chi connectivity index (χ3n) is 5.87. The predicted molar refractivity (Wildman–Crippen MR) is 126 cm³/mol.